The molecule has 0 fully saturated rings. The van der Waals surface area contributed by atoms with E-state index in [1.807, 2.05) is 0 Å². The Balaban J connectivity index is 1.67. The number of fused-ring (bicyclic) bond motifs is 1. The lowest BCUT2D eigenvalue weighted by Crippen LogP contribution is -2.26. The van der Waals surface area contributed by atoms with Crippen molar-refractivity contribution in [3.05, 3.63) is 93.2 Å². The van der Waals surface area contributed by atoms with E-state index in [1.165, 1.54) is 0 Å². The average molecular weight is 473 g/mol. The first-order valence-electron chi connectivity index (χ1n) is 11.0. The largest absolute Gasteiger partial charge is 0.462 e. The zero-order valence-electron chi connectivity index (χ0n) is 19.5. The van der Waals surface area contributed by atoms with Gasteiger partial charge in [-0.15, -0.1) is 0 Å². The van der Waals surface area contributed by atoms with Crippen molar-refractivity contribution in [2.75, 3.05) is 13.2 Å². The van der Waals surface area contributed by atoms with Crippen LogP contribution in [0.5, 0.6) is 0 Å². The number of carbonyl (C=O) groups excluding carboxylic acids is 3. The van der Waals surface area contributed by atoms with Crippen molar-refractivity contribution in [3.63, 3.8) is 0 Å². The zero-order valence-corrected chi connectivity index (χ0v) is 19.5. The maximum atomic E-state index is 13.0. The Bertz CT molecular complexity index is 1500. The molecule has 4 rings (SSSR count). The first-order chi connectivity index (χ1) is 16.8. The van der Waals surface area contributed by atoms with Gasteiger partial charge in [0.15, 0.2) is 12.3 Å². The topological polar surface area (TPSA) is 120 Å². The maximum absolute atomic E-state index is 13.0. The standard InChI is InChI=1S/C26H23N3O6/c1-4-34-25(32)22-16(3)27-15(2)21(22)20(30)14-35-26(33)23-18-12-8-9-13-19(18)24(31)29(28-23)17-10-6-5-7-11-17/h5-13,27H,4,14H2,1-3H3. The predicted octanol–water partition coefficient (Wildman–Crippen LogP) is 3.55. The Labute approximate surface area is 200 Å². The number of carbonyl (C=O) groups is 3. The fraction of sp³-hybridized carbons (Fsp3) is 0.192. The van der Waals surface area contributed by atoms with Crippen LogP contribution in [0.1, 0.15) is 49.5 Å². The molecule has 0 saturated heterocycles. The van der Waals surface area contributed by atoms with E-state index in [-0.39, 0.29) is 28.8 Å². The Hall–Kier alpha value is -4.53. The summed E-state index contributed by atoms with van der Waals surface area (Å²) in [5, 5.41) is 4.84. The van der Waals surface area contributed by atoms with Gasteiger partial charge in [0.2, 0.25) is 5.78 Å². The average Bonchev–Trinajstić information content (AvgIpc) is 3.17. The Morgan fingerprint density at radius 3 is 2.17 bits per heavy atom. The molecular weight excluding hydrogens is 450 g/mol. The molecule has 2 aromatic carbocycles. The highest BCUT2D eigenvalue weighted by atomic mass is 16.5. The number of ketones is 1. The number of para-hydroxylation sites is 1. The molecule has 9 heteroatoms. The number of aryl methyl sites for hydroxylation is 2. The van der Waals surface area contributed by atoms with E-state index in [4.69, 9.17) is 9.47 Å². The third kappa shape index (κ3) is 4.48. The number of esters is 2. The van der Waals surface area contributed by atoms with Crippen LogP contribution in [0, 0.1) is 13.8 Å². The molecule has 2 aromatic heterocycles. The number of nitrogens with one attached hydrogen (secondary N) is 1. The summed E-state index contributed by atoms with van der Waals surface area (Å²) < 4.78 is 11.5. The van der Waals surface area contributed by atoms with Gasteiger partial charge >= 0.3 is 11.9 Å². The van der Waals surface area contributed by atoms with E-state index in [2.05, 4.69) is 10.1 Å². The Kier molecular flexibility index (Phi) is 6.59. The van der Waals surface area contributed by atoms with Crippen LogP contribution in [0.3, 0.4) is 0 Å². The third-order valence-electron chi connectivity index (χ3n) is 5.47. The quantitative estimate of drug-likeness (QED) is 0.322. The van der Waals surface area contributed by atoms with E-state index in [0.29, 0.717) is 22.5 Å². The second kappa shape index (κ2) is 9.76. The summed E-state index contributed by atoms with van der Waals surface area (Å²) >= 11 is 0. The van der Waals surface area contributed by atoms with Gasteiger partial charge in [-0.1, -0.05) is 36.4 Å². The molecule has 0 bridgehead atoms. The number of benzene rings is 2. The van der Waals surface area contributed by atoms with E-state index in [9.17, 15) is 19.2 Å². The normalized spacial score (nSPS) is 10.8. The third-order valence-corrected chi connectivity index (χ3v) is 5.47. The predicted molar refractivity (Wildman–Crippen MR) is 128 cm³/mol. The summed E-state index contributed by atoms with van der Waals surface area (Å²) in [6.07, 6.45) is 0. The number of rotatable bonds is 7. The molecule has 0 amide bonds. The van der Waals surface area contributed by atoms with Gasteiger partial charge in [0, 0.05) is 16.8 Å². The van der Waals surface area contributed by atoms with Gasteiger partial charge in [0.05, 0.1) is 28.8 Å². The lowest BCUT2D eigenvalue weighted by Gasteiger charge is -2.11. The summed E-state index contributed by atoms with van der Waals surface area (Å²) in [5.74, 6) is -2.07. The van der Waals surface area contributed by atoms with Crippen molar-refractivity contribution in [1.82, 2.24) is 14.8 Å². The molecule has 0 spiro atoms. The van der Waals surface area contributed by atoms with Crippen LogP contribution in [-0.4, -0.2) is 45.7 Å². The lowest BCUT2D eigenvalue weighted by atomic mass is 10.1. The SMILES string of the molecule is CCOC(=O)c1c(C)[nH]c(C)c1C(=O)COC(=O)c1nn(-c2ccccc2)c(=O)c2ccccc12. The van der Waals surface area contributed by atoms with Crippen molar-refractivity contribution >= 4 is 28.5 Å². The van der Waals surface area contributed by atoms with Crippen molar-refractivity contribution in [1.29, 1.82) is 0 Å². The number of aromatic nitrogens is 3. The Morgan fingerprint density at radius 1 is 0.857 bits per heavy atom. The number of Topliss-reactive ketones (excluding diaryl/α,β-unsaturated/α-hetero) is 1. The van der Waals surface area contributed by atoms with Crippen LogP contribution in [0.2, 0.25) is 0 Å². The molecule has 0 aliphatic carbocycles. The first-order valence-corrected chi connectivity index (χ1v) is 11.0. The molecular formula is C26H23N3O6. The van der Waals surface area contributed by atoms with Gasteiger partial charge in [-0.05, 0) is 39.0 Å². The number of hydrogen-bond acceptors (Lipinski definition) is 7. The minimum atomic E-state index is -0.873. The monoisotopic (exact) mass is 473 g/mol. The summed E-state index contributed by atoms with van der Waals surface area (Å²) in [5.41, 5.74) is 1.16. The number of aromatic amines is 1. The second-order valence-corrected chi connectivity index (χ2v) is 7.79. The molecule has 0 saturated carbocycles. The summed E-state index contributed by atoms with van der Waals surface area (Å²) in [6.45, 7) is 4.51. The summed E-state index contributed by atoms with van der Waals surface area (Å²) in [4.78, 5) is 54.3. The minimum absolute atomic E-state index is 0.107. The van der Waals surface area contributed by atoms with Crippen LogP contribution >= 0.6 is 0 Å². The number of hydrogen-bond donors (Lipinski definition) is 1. The smallest absolute Gasteiger partial charge is 0.359 e. The molecule has 178 valence electrons. The molecule has 0 unspecified atom stereocenters. The van der Waals surface area contributed by atoms with Crippen molar-refractivity contribution in [2.45, 2.75) is 20.8 Å². The highest BCUT2D eigenvalue weighted by molar-refractivity contribution is 6.10. The van der Waals surface area contributed by atoms with Gasteiger partial charge in [0.1, 0.15) is 0 Å². The van der Waals surface area contributed by atoms with E-state index in [1.54, 1.807) is 75.4 Å². The Morgan fingerprint density at radius 2 is 1.49 bits per heavy atom. The van der Waals surface area contributed by atoms with Crippen molar-refractivity contribution in [2.24, 2.45) is 0 Å². The van der Waals surface area contributed by atoms with Gasteiger partial charge in [-0.25, -0.2) is 9.59 Å². The van der Waals surface area contributed by atoms with Crippen molar-refractivity contribution < 1.29 is 23.9 Å². The van der Waals surface area contributed by atoms with Crippen LogP contribution in [0.4, 0.5) is 0 Å². The molecule has 0 aliphatic rings. The van der Waals surface area contributed by atoms with Gasteiger partial charge in [-0.2, -0.15) is 9.78 Å². The molecule has 1 N–H and O–H groups in total. The molecule has 0 radical (unpaired) electrons. The molecule has 0 atom stereocenters. The maximum Gasteiger partial charge on any atom is 0.359 e. The van der Waals surface area contributed by atoms with Crippen LogP contribution < -0.4 is 5.56 Å². The van der Waals surface area contributed by atoms with Crippen LogP contribution in [0.25, 0.3) is 16.5 Å². The van der Waals surface area contributed by atoms with Crippen molar-refractivity contribution in [3.8, 4) is 5.69 Å². The summed E-state index contributed by atoms with van der Waals surface area (Å²) in [6, 6.07) is 15.2. The number of nitrogens with zero attached hydrogens (tertiary/aromatic N) is 2. The highest BCUT2D eigenvalue weighted by Crippen LogP contribution is 2.21. The van der Waals surface area contributed by atoms with Gasteiger partial charge in [-0.3, -0.25) is 9.59 Å². The second-order valence-electron chi connectivity index (χ2n) is 7.79. The minimum Gasteiger partial charge on any atom is -0.462 e. The molecule has 4 aromatic rings. The molecule has 35 heavy (non-hydrogen) atoms. The molecule has 2 heterocycles. The van der Waals surface area contributed by atoms with E-state index < -0.39 is 29.9 Å². The molecule has 0 aliphatic heterocycles. The van der Waals surface area contributed by atoms with Gasteiger partial charge < -0.3 is 14.5 Å². The molecule has 9 nitrogen and oxygen atoms in total. The van der Waals surface area contributed by atoms with E-state index in [0.717, 1.165) is 4.68 Å². The summed E-state index contributed by atoms with van der Waals surface area (Å²) in [7, 11) is 0. The lowest BCUT2D eigenvalue weighted by molar-refractivity contribution is 0.0467. The van der Waals surface area contributed by atoms with Gasteiger partial charge in [0.25, 0.3) is 5.56 Å². The first kappa shape index (κ1) is 23.6. The number of H-pyrrole nitrogens is 1. The number of ether oxygens (including phenoxy) is 2. The fourth-order valence-corrected chi connectivity index (χ4v) is 3.94. The highest BCUT2D eigenvalue weighted by Gasteiger charge is 2.27. The van der Waals surface area contributed by atoms with E-state index >= 15 is 0 Å². The zero-order chi connectivity index (χ0) is 25.1. The fourth-order valence-electron chi connectivity index (χ4n) is 3.94. The van der Waals surface area contributed by atoms with Crippen LogP contribution in [-0.2, 0) is 9.47 Å². The van der Waals surface area contributed by atoms with Crippen LogP contribution in [0.15, 0.2) is 59.4 Å².